The molecule has 16 heavy (non-hydrogen) atoms. The molecule has 2 heterocycles. The van der Waals surface area contributed by atoms with Gasteiger partial charge in [-0.3, -0.25) is 9.59 Å². The van der Waals surface area contributed by atoms with Crippen LogP contribution >= 0.6 is 33.9 Å². The molecule has 0 spiro atoms. The van der Waals surface area contributed by atoms with E-state index in [1.165, 1.54) is 0 Å². The molecule has 1 aliphatic heterocycles. The van der Waals surface area contributed by atoms with E-state index in [4.69, 9.17) is 0 Å². The van der Waals surface area contributed by atoms with Crippen LogP contribution in [0.15, 0.2) is 17.5 Å². The minimum absolute atomic E-state index is 0.0822. The van der Waals surface area contributed by atoms with Gasteiger partial charge in [0, 0.05) is 9.30 Å². The van der Waals surface area contributed by atoms with Crippen molar-refractivity contribution in [3.05, 3.63) is 22.4 Å². The number of hydrogen-bond acceptors (Lipinski definition) is 3. The molecule has 0 bridgehead atoms. The van der Waals surface area contributed by atoms with E-state index >= 15 is 0 Å². The molecule has 2 rings (SSSR count). The lowest BCUT2D eigenvalue weighted by atomic mass is 10.0. The van der Waals surface area contributed by atoms with Crippen LogP contribution in [-0.4, -0.2) is 28.3 Å². The highest BCUT2D eigenvalue weighted by atomic mass is 127. The summed E-state index contributed by atoms with van der Waals surface area (Å²) in [7, 11) is 0. The highest BCUT2D eigenvalue weighted by molar-refractivity contribution is 14.1. The first-order chi connectivity index (χ1) is 7.70. The van der Waals surface area contributed by atoms with Gasteiger partial charge in [-0.15, -0.1) is 11.3 Å². The molecule has 1 aromatic rings. The van der Waals surface area contributed by atoms with E-state index in [1.807, 2.05) is 17.5 Å². The fraction of sp³-hybridized carbons (Fsp3) is 0.400. The summed E-state index contributed by atoms with van der Waals surface area (Å²) < 4.78 is 0.813. The van der Waals surface area contributed by atoms with Crippen LogP contribution in [0.3, 0.4) is 0 Å². The fourth-order valence-corrected chi connectivity index (χ4v) is 2.96. The minimum atomic E-state index is -0.343. The Morgan fingerprint density at radius 3 is 3.00 bits per heavy atom. The van der Waals surface area contributed by atoms with Crippen LogP contribution in [-0.2, 0) is 16.0 Å². The number of rotatable bonds is 4. The Kier molecular flexibility index (Phi) is 3.80. The molecule has 2 amide bonds. The molecule has 1 saturated heterocycles. The molecule has 2 N–H and O–H groups in total. The SMILES string of the molecule is O=C(Cc1cccs1)NC1C(=O)NC1CI. The predicted octanol–water partition coefficient (Wildman–Crippen LogP) is 0.709. The quantitative estimate of drug-likeness (QED) is 0.477. The number of nitrogens with one attached hydrogen (secondary N) is 2. The first kappa shape index (κ1) is 11.8. The zero-order valence-electron chi connectivity index (χ0n) is 8.40. The van der Waals surface area contributed by atoms with Crippen molar-refractivity contribution in [2.75, 3.05) is 4.43 Å². The van der Waals surface area contributed by atoms with Gasteiger partial charge in [0.05, 0.1) is 12.5 Å². The summed E-state index contributed by atoms with van der Waals surface area (Å²) in [6.07, 6.45) is 0.357. The third kappa shape index (κ3) is 2.54. The summed E-state index contributed by atoms with van der Waals surface area (Å²) in [5, 5.41) is 7.44. The van der Waals surface area contributed by atoms with Crippen LogP contribution in [0.1, 0.15) is 4.88 Å². The summed E-state index contributed by atoms with van der Waals surface area (Å²) in [4.78, 5) is 23.9. The van der Waals surface area contributed by atoms with E-state index in [-0.39, 0.29) is 23.9 Å². The van der Waals surface area contributed by atoms with E-state index < -0.39 is 0 Å². The summed E-state index contributed by atoms with van der Waals surface area (Å²) in [6.45, 7) is 0. The molecule has 0 saturated carbocycles. The predicted molar refractivity (Wildman–Crippen MR) is 70.8 cm³/mol. The Labute approximate surface area is 111 Å². The largest absolute Gasteiger partial charge is 0.348 e. The van der Waals surface area contributed by atoms with Crippen molar-refractivity contribution in [1.29, 1.82) is 0 Å². The van der Waals surface area contributed by atoms with Crippen molar-refractivity contribution in [1.82, 2.24) is 10.6 Å². The van der Waals surface area contributed by atoms with Gasteiger partial charge in [0.1, 0.15) is 6.04 Å². The maximum Gasteiger partial charge on any atom is 0.245 e. The molecule has 1 fully saturated rings. The first-order valence-electron chi connectivity index (χ1n) is 4.89. The van der Waals surface area contributed by atoms with Crippen molar-refractivity contribution < 1.29 is 9.59 Å². The van der Waals surface area contributed by atoms with Crippen LogP contribution in [0.4, 0.5) is 0 Å². The molecule has 1 aromatic heterocycles. The van der Waals surface area contributed by atoms with Crippen LogP contribution in [0, 0.1) is 0 Å². The number of alkyl halides is 1. The topological polar surface area (TPSA) is 58.2 Å². The average molecular weight is 350 g/mol. The highest BCUT2D eigenvalue weighted by Gasteiger charge is 2.39. The zero-order valence-corrected chi connectivity index (χ0v) is 11.4. The first-order valence-corrected chi connectivity index (χ1v) is 7.29. The summed E-state index contributed by atoms with van der Waals surface area (Å²) in [5.74, 6) is -0.168. The molecule has 1 aliphatic rings. The second-order valence-corrected chi connectivity index (χ2v) is 5.48. The van der Waals surface area contributed by atoms with Gasteiger partial charge in [-0.25, -0.2) is 0 Å². The van der Waals surface area contributed by atoms with Crippen molar-refractivity contribution in [2.24, 2.45) is 0 Å². The van der Waals surface area contributed by atoms with Gasteiger partial charge < -0.3 is 10.6 Å². The molecule has 2 unspecified atom stereocenters. The second-order valence-electron chi connectivity index (χ2n) is 3.57. The Hall–Kier alpha value is -0.630. The number of amides is 2. The molecule has 4 nitrogen and oxygen atoms in total. The Balaban J connectivity index is 1.85. The lowest BCUT2D eigenvalue weighted by molar-refractivity contribution is -0.135. The van der Waals surface area contributed by atoms with Crippen molar-refractivity contribution >= 4 is 45.7 Å². The molecular formula is C10H11IN2O2S. The highest BCUT2D eigenvalue weighted by Crippen LogP contribution is 2.12. The van der Waals surface area contributed by atoms with Crippen LogP contribution in [0.5, 0.6) is 0 Å². The monoisotopic (exact) mass is 350 g/mol. The average Bonchev–Trinajstić information content (AvgIpc) is 2.75. The Bertz CT molecular complexity index is 394. The smallest absolute Gasteiger partial charge is 0.245 e. The van der Waals surface area contributed by atoms with E-state index in [9.17, 15) is 9.59 Å². The van der Waals surface area contributed by atoms with Crippen LogP contribution in [0.25, 0.3) is 0 Å². The number of thiophene rings is 1. The lowest BCUT2D eigenvalue weighted by Crippen LogP contribution is -2.69. The van der Waals surface area contributed by atoms with Crippen LogP contribution < -0.4 is 10.6 Å². The number of hydrogen-bond donors (Lipinski definition) is 2. The summed E-state index contributed by atoms with van der Waals surface area (Å²) >= 11 is 3.74. The molecule has 0 radical (unpaired) electrons. The molecule has 0 aromatic carbocycles. The van der Waals surface area contributed by atoms with E-state index in [1.54, 1.807) is 11.3 Å². The fourth-order valence-electron chi connectivity index (χ4n) is 1.53. The molecule has 2 atom stereocenters. The number of carbonyl (C=O) groups excluding carboxylic acids is 2. The van der Waals surface area contributed by atoms with Gasteiger partial charge in [0.25, 0.3) is 0 Å². The Morgan fingerprint density at radius 2 is 2.44 bits per heavy atom. The van der Waals surface area contributed by atoms with E-state index in [0.717, 1.165) is 9.30 Å². The molecule has 0 aliphatic carbocycles. The van der Waals surface area contributed by atoms with Gasteiger partial charge in [0.2, 0.25) is 11.8 Å². The maximum absolute atomic E-state index is 11.6. The van der Waals surface area contributed by atoms with Crippen molar-refractivity contribution in [2.45, 2.75) is 18.5 Å². The van der Waals surface area contributed by atoms with E-state index in [0.29, 0.717) is 6.42 Å². The summed E-state index contributed by atoms with van der Waals surface area (Å²) in [6, 6.07) is 3.57. The maximum atomic E-state index is 11.6. The molecule has 86 valence electrons. The molecule has 6 heteroatoms. The lowest BCUT2D eigenvalue weighted by Gasteiger charge is -2.35. The molecular weight excluding hydrogens is 339 g/mol. The summed E-state index contributed by atoms with van der Waals surface area (Å²) in [5.41, 5.74) is 0. The van der Waals surface area contributed by atoms with Crippen molar-refractivity contribution in [3.8, 4) is 0 Å². The van der Waals surface area contributed by atoms with E-state index in [2.05, 4.69) is 33.2 Å². The Morgan fingerprint density at radius 1 is 1.62 bits per heavy atom. The third-order valence-electron chi connectivity index (χ3n) is 2.41. The number of halogens is 1. The minimum Gasteiger partial charge on any atom is -0.348 e. The number of β-lactam (4-membered cyclic amide) rings is 1. The number of carbonyl (C=O) groups is 2. The standard InChI is InChI=1S/C10H11IN2O2S/c11-5-7-9(10(15)12-7)13-8(14)4-6-2-1-3-16-6/h1-3,7,9H,4-5H2,(H,12,15)(H,13,14). The second kappa shape index (κ2) is 5.13. The van der Waals surface area contributed by atoms with Gasteiger partial charge in [-0.2, -0.15) is 0 Å². The van der Waals surface area contributed by atoms with Gasteiger partial charge in [0.15, 0.2) is 0 Å². The van der Waals surface area contributed by atoms with Gasteiger partial charge >= 0.3 is 0 Å². The van der Waals surface area contributed by atoms with Gasteiger partial charge in [-0.05, 0) is 11.4 Å². The van der Waals surface area contributed by atoms with Crippen LogP contribution in [0.2, 0.25) is 0 Å². The third-order valence-corrected chi connectivity index (χ3v) is 4.24. The van der Waals surface area contributed by atoms with Gasteiger partial charge in [-0.1, -0.05) is 28.7 Å². The normalized spacial score (nSPS) is 23.4. The zero-order chi connectivity index (χ0) is 11.5. The van der Waals surface area contributed by atoms with Crippen molar-refractivity contribution in [3.63, 3.8) is 0 Å².